The van der Waals surface area contributed by atoms with Gasteiger partial charge in [-0.05, 0) is 44.0 Å². The van der Waals surface area contributed by atoms with E-state index < -0.39 is 0 Å². The van der Waals surface area contributed by atoms with Crippen molar-refractivity contribution in [2.75, 3.05) is 6.61 Å². The number of aromatic nitrogens is 1. The van der Waals surface area contributed by atoms with Crippen LogP contribution in [0.2, 0.25) is 0 Å². The minimum atomic E-state index is -0.132. The van der Waals surface area contributed by atoms with Crippen molar-refractivity contribution in [1.29, 1.82) is 0 Å². The van der Waals surface area contributed by atoms with Gasteiger partial charge in [0.15, 0.2) is 4.80 Å². The molecule has 0 radical (unpaired) electrons. The standard InChI is InChI=1S/C20H22N2O2S/c1-5-24-16-7-6-8-17-19(16)22(4)20(25-17)21-18(23)12-15-10-9-13(2)11-14(15)3/h6-11H,5,12H2,1-4H3. The molecule has 3 aromatic rings. The van der Waals surface area contributed by atoms with E-state index in [2.05, 4.69) is 18.0 Å². The number of rotatable bonds is 4. The first-order chi connectivity index (χ1) is 12.0. The number of amides is 1. The van der Waals surface area contributed by atoms with E-state index in [0.29, 0.717) is 17.8 Å². The monoisotopic (exact) mass is 354 g/mol. The van der Waals surface area contributed by atoms with Crippen LogP contribution < -0.4 is 9.54 Å². The summed E-state index contributed by atoms with van der Waals surface area (Å²) in [6.07, 6.45) is 0.318. The summed E-state index contributed by atoms with van der Waals surface area (Å²) in [5.74, 6) is 0.689. The Labute approximate surface area is 151 Å². The Morgan fingerprint density at radius 1 is 1.24 bits per heavy atom. The summed E-state index contributed by atoms with van der Waals surface area (Å²) in [6.45, 7) is 6.65. The number of benzene rings is 2. The normalized spacial score (nSPS) is 11.9. The third-order valence-corrected chi connectivity index (χ3v) is 5.24. The lowest BCUT2D eigenvalue weighted by atomic mass is 10.0. The van der Waals surface area contributed by atoms with E-state index in [-0.39, 0.29) is 5.91 Å². The molecular formula is C20H22N2O2S. The number of carbonyl (C=O) groups is 1. The summed E-state index contributed by atoms with van der Waals surface area (Å²) in [4.78, 5) is 17.5. The van der Waals surface area contributed by atoms with Gasteiger partial charge in [-0.15, -0.1) is 0 Å². The average molecular weight is 354 g/mol. The highest BCUT2D eigenvalue weighted by Crippen LogP contribution is 2.26. The molecule has 3 rings (SSSR count). The molecule has 0 spiro atoms. The molecular weight excluding hydrogens is 332 g/mol. The van der Waals surface area contributed by atoms with Gasteiger partial charge < -0.3 is 9.30 Å². The van der Waals surface area contributed by atoms with E-state index in [0.717, 1.165) is 27.1 Å². The molecule has 0 saturated heterocycles. The molecule has 4 nitrogen and oxygen atoms in total. The molecule has 1 amide bonds. The second-order valence-corrected chi connectivity index (χ2v) is 7.10. The summed E-state index contributed by atoms with van der Waals surface area (Å²) in [6, 6.07) is 12.1. The number of nitrogens with zero attached hydrogens (tertiary/aromatic N) is 2. The summed E-state index contributed by atoms with van der Waals surface area (Å²) in [7, 11) is 1.92. The van der Waals surface area contributed by atoms with Gasteiger partial charge in [0, 0.05) is 7.05 Å². The van der Waals surface area contributed by atoms with Crippen molar-refractivity contribution in [2.24, 2.45) is 12.0 Å². The van der Waals surface area contributed by atoms with Crippen LogP contribution in [0.1, 0.15) is 23.6 Å². The van der Waals surface area contributed by atoms with E-state index in [4.69, 9.17) is 4.74 Å². The van der Waals surface area contributed by atoms with Crippen LogP contribution in [0.3, 0.4) is 0 Å². The Bertz CT molecular complexity index is 999. The molecule has 1 heterocycles. The lowest BCUT2D eigenvalue weighted by molar-refractivity contribution is -0.117. The van der Waals surface area contributed by atoms with Crippen molar-refractivity contribution < 1.29 is 9.53 Å². The molecule has 2 aromatic carbocycles. The molecule has 0 fully saturated rings. The third-order valence-electron chi connectivity index (χ3n) is 4.15. The summed E-state index contributed by atoms with van der Waals surface area (Å²) >= 11 is 1.50. The van der Waals surface area contributed by atoms with Gasteiger partial charge in [-0.3, -0.25) is 4.79 Å². The zero-order valence-corrected chi connectivity index (χ0v) is 15.8. The maximum atomic E-state index is 12.5. The van der Waals surface area contributed by atoms with E-state index in [1.807, 2.05) is 55.8 Å². The van der Waals surface area contributed by atoms with Gasteiger partial charge in [-0.1, -0.05) is 41.2 Å². The lowest BCUT2D eigenvalue weighted by Crippen LogP contribution is -2.14. The number of para-hydroxylation sites is 1. The smallest absolute Gasteiger partial charge is 0.252 e. The topological polar surface area (TPSA) is 43.6 Å². The van der Waals surface area contributed by atoms with Crippen LogP contribution in [-0.2, 0) is 18.3 Å². The van der Waals surface area contributed by atoms with Crippen molar-refractivity contribution in [1.82, 2.24) is 4.57 Å². The first kappa shape index (κ1) is 17.4. The van der Waals surface area contributed by atoms with Crippen molar-refractivity contribution in [3.8, 4) is 5.75 Å². The fourth-order valence-corrected chi connectivity index (χ4v) is 3.95. The molecule has 0 aliphatic rings. The summed E-state index contributed by atoms with van der Waals surface area (Å²) < 4.78 is 8.70. The molecule has 0 saturated carbocycles. The number of thiazole rings is 1. The van der Waals surface area contributed by atoms with Crippen molar-refractivity contribution in [2.45, 2.75) is 27.2 Å². The molecule has 0 bridgehead atoms. The zero-order valence-electron chi connectivity index (χ0n) is 15.0. The Kier molecular flexibility index (Phi) is 5.04. The molecule has 0 atom stereocenters. The highest BCUT2D eigenvalue weighted by molar-refractivity contribution is 7.16. The number of ether oxygens (including phenoxy) is 1. The van der Waals surface area contributed by atoms with Crippen molar-refractivity contribution >= 4 is 27.5 Å². The second-order valence-electron chi connectivity index (χ2n) is 6.09. The van der Waals surface area contributed by atoms with Gasteiger partial charge in [0.05, 0.1) is 17.7 Å². The van der Waals surface area contributed by atoms with Crippen LogP contribution in [0.5, 0.6) is 5.75 Å². The predicted octanol–water partition coefficient (Wildman–Crippen LogP) is 3.93. The molecule has 0 unspecified atom stereocenters. The number of carbonyl (C=O) groups excluding carboxylic acids is 1. The molecule has 25 heavy (non-hydrogen) atoms. The van der Waals surface area contributed by atoms with Crippen LogP contribution in [-0.4, -0.2) is 17.1 Å². The third kappa shape index (κ3) is 3.66. The van der Waals surface area contributed by atoms with Crippen LogP contribution in [0.15, 0.2) is 41.4 Å². The van der Waals surface area contributed by atoms with Gasteiger partial charge >= 0.3 is 0 Å². The van der Waals surface area contributed by atoms with Crippen LogP contribution in [0.25, 0.3) is 10.2 Å². The van der Waals surface area contributed by atoms with Crippen molar-refractivity contribution in [3.05, 3.63) is 57.9 Å². The highest BCUT2D eigenvalue weighted by atomic mass is 32.1. The number of hydrogen-bond donors (Lipinski definition) is 0. The molecule has 130 valence electrons. The largest absolute Gasteiger partial charge is 0.492 e. The van der Waals surface area contributed by atoms with Gasteiger partial charge in [0.1, 0.15) is 11.3 Å². The minimum Gasteiger partial charge on any atom is -0.492 e. The van der Waals surface area contributed by atoms with Gasteiger partial charge in [0.25, 0.3) is 5.91 Å². The molecule has 5 heteroatoms. The number of aryl methyl sites for hydroxylation is 3. The second kappa shape index (κ2) is 7.23. The molecule has 1 aromatic heterocycles. The summed E-state index contributed by atoms with van der Waals surface area (Å²) in [5.41, 5.74) is 4.33. The Morgan fingerprint density at radius 2 is 2.04 bits per heavy atom. The minimum absolute atomic E-state index is 0.132. The van der Waals surface area contributed by atoms with Crippen LogP contribution >= 0.6 is 11.3 Å². The van der Waals surface area contributed by atoms with Crippen molar-refractivity contribution in [3.63, 3.8) is 0 Å². The maximum Gasteiger partial charge on any atom is 0.252 e. The van der Waals surface area contributed by atoms with Gasteiger partial charge in [-0.25, -0.2) is 0 Å². The Hall–Kier alpha value is -2.40. The van der Waals surface area contributed by atoms with Gasteiger partial charge in [-0.2, -0.15) is 4.99 Å². The molecule has 0 aliphatic carbocycles. The van der Waals surface area contributed by atoms with Gasteiger partial charge in [0.2, 0.25) is 0 Å². The Balaban J connectivity index is 1.96. The Morgan fingerprint density at radius 3 is 2.76 bits per heavy atom. The maximum absolute atomic E-state index is 12.5. The number of hydrogen-bond acceptors (Lipinski definition) is 3. The SMILES string of the molecule is CCOc1cccc2sc(=NC(=O)Cc3ccc(C)cc3C)n(C)c12. The first-order valence-corrected chi connectivity index (χ1v) is 9.16. The average Bonchev–Trinajstić information content (AvgIpc) is 2.87. The predicted molar refractivity (Wildman–Crippen MR) is 102 cm³/mol. The van der Waals surface area contributed by atoms with E-state index in [9.17, 15) is 4.79 Å². The molecule has 0 N–H and O–H groups in total. The fraction of sp³-hybridized carbons (Fsp3) is 0.300. The zero-order chi connectivity index (χ0) is 18.0. The van der Waals surface area contributed by atoms with Crippen LogP contribution in [0, 0.1) is 13.8 Å². The number of fused-ring (bicyclic) bond motifs is 1. The van der Waals surface area contributed by atoms with Crippen LogP contribution in [0.4, 0.5) is 0 Å². The van der Waals surface area contributed by atoms with E-state index in [1.165, 1.54) is 16.9 Å². The van der Waals surface area contributed by atoms with E-state index >= 15 is 0 Å². The summed E-state index contributed by atoms with van der Waals surface area (Å²) in [5, 5.41) is 0. The highest BCUT2D eigenvalue weighted by Gasteiger charge is 2.11. The van der Waals surface area contributed by atoms with E-state index in [1.54, 1.807) is 0 Å². The first-order valence-electron chi connectivity index (χ1n) is 8.34. The quantitative estimate of drug-likeness (QED) is 0.713. The lowest BCUT2D eigenvalue weighted by Gasteiger charge is -2.06. The molecule has 0 aliphatic heterocycles. The fourth-order valence-electron chi connectivity index (χ4n) is 2.90.